The van der Waals surface area contributed by atoms with Crippen LogP contribution in [0, 0.1) is 5.82 Å². The third kappa shape index (κ3) is 5.78. The van der Waals surface area contributed by atoms with E-state index in [0.717, 1.165) is 32.5 Å². The van der Waals surface area contributed by atoms with Crippen molar-refractivity contribution in [1.29, 1.82) is 0 Å². The molecule has 1 aliphatic rings. The summed E-state index contributed by atoms with van der Waals surface area (Å²) in [6, 6.07) is 15.3. The van der Waals surface area contributed by atoms with E-state index in [1.54, 1.807) is 19.2 Å². The molecule has 0 aromatic heterocycles. The van der Waals surface area contributed by atoms with Crippen LogP contribution in [0.15, 0.2) is 54.6 Å². The Morgan fingerprint density at radius 1 is 1.18 bits per heavy atom. The molecule has 1 N–H and O–H groups in total. The van der Waals surface area contributed by atoms with Gasteiger partial charge in [-0.25, -0.2) is 4.39 Å². The zero-order chi connectivity index (χ0) is 19.8. The monoisotopic (exact) mass is 386 g/mol. The van der Waals surface area contributed by atoms with Crippen molar-refractivity contribution >= 4 is 5.91 Å². The number of nitrogens with one attached hydrogen (secondary N) is 1. The molecular formula is C22H27FN2O3. The first-order valence-electron chi connectivity index (χ1n) is 9.65. The highest BCUT2D eigenvalue weighted by atomic mass is 19.1. The maximum atomic E-state index is 12.9. The van der Waals surface area contributed by atoms with Crippen molar-refractivity contribution in [1.82, 2.24) is 10.2 Å². The number of piperidine rings is 1. The van der Waals surface area contributed by atoms with Gasteiger partial charge in [-0.2, -0.15) is 0 Å². The summed E-state index contributed by atoms with van der Waals surface area (Å²) in [5.41, 5.74) is 0.665. The maximum absolute atomic E-state index is 12.9. The molecule has 1 fully saturated rings. The smallest absolute Gasteiger partial charge is 0.251 e. The number of hydrogen-bond donors (Lipinski definition) is 1. The number of methoxy groups -OCH3 is 1. The van der Waals surface area contributed by atoms with Crippen LogP contribution in [0.1, 0.15) is 23.2 Å². The van der Waals surface area contributed by atoms with E-state index in [2.05, 4.69) is 10.2 Å². The van der Waals surface area contributed by atoms with Gasteiger partial charge in [0.1, 0.15) is 11.6 Å². The molecule has 2 aromatic rings. The molecule has 1 heterocycles. The van der Waals surface area contributed by atoms with Crippen LogP contribution in [-0.2, 0) is 4.74 Å². The van der Waals surface area contributed by atoms with Gasteiger partial charge in [-0.05, 0) is 49.2 Å². The van der Waals surface area contributed by atoms with E-state index in [-0.39, 0.29) is 23.9 Å². The van der Waals surface area contributed by atoms with Crippen LogP contribution in [-0.4, -0.2) is 56.3 Å². The molecule has 1 saturated heterocycles. The summed E-state index contributed by atoms with van der Waals surface area (Å²) >= 11 is 0. The van der Waals surface area contributed by atoms with Gasteiger partial charge in [-0.1, -0.05) is 18.2 Å². The summed E-state index contributed by atoms with van der Waals surface area (Å²) in [7, 11) is 1.69. The Balaban J connectivity index is 1.41. The van der Waals surface area contributed by atoms with E-state index in [9.17, 15) is 9.18 Å². The number of carbonyl (C=O) groups excluding carboxylic acids is 1. The quantitative estimate of drug-likeness (QED) is 0.709. The molecule has 2 aromatic carbocycles. The number of nitrogens with zero attached hydrogens (tertiary/aromatic N) is 1. The van der Waals surface area contributed by atoms with Crippen LogP contribution in [0.5, 0.6) is 5.75 Å². The average Bonchev–Trinajstić information content (AvgIpc) is 2.74. The molecule has 0 saturated carbocycles. The molecule has 1 aliphatic heterocycles. The Kier molecular flexibility index (Phi) is 7.39. The predicted molar refractivity (Wildman–Crippen MR) is 106 cm³/mol. The van der Waals surface area contributed by atoms with Crippen LogP contribution in [0.2, 0.25) is 0 Å². The molecule has 0 radical (unpaired) electrons. The van der Waals surface area contributed by atoms with Gasteiger partial charge < -0.3 is 19.7 Å². The molecule has 0 unspecified atom stereocenters. The highest BCUT2D eigenvalue weighted by molar-refractivity contribution is 5.94. The van der Waals surface area contributed by atoms with Crippen LogP contribution in [0.3, 0.4) is 0 Å². The number of halogens is 1. The van der Waals surface area contributed by atoms with E-state index in [1.165, 1.54) is 12.1 Å². The summed E-state index contributed by atoms with van der Waals surface area (Å²) in [5.74, 6) is 0.354. The fourth-order valence-electron chi connectivity index (χ4n) is 3.44. The highest BCUT2D eigenvalue weighted by Crippen LogP contribution is 2.16. The largest absolute Gasteiger partial charge is 0.494 e. The lowest BCUT2D eigenvalue weighted by Crippen LogP contribution is -2.55. The fourth-order valence-corrected chi connectivity index (χ4v) is 3.44. The van der Waals surface area contributed by atoms with Crippen molar-refractivity contribution in [3.8, 4) is 5.75 Å². The van der Waals surface area contributed by atoms with Gasteiger partial charge in [0.15, 0.2) is 0 Å². The third-order valence-corrected chi connectivity index (χ3v) is 5.00. The minimum atomic E-state index is -0.264. The zero-order valence-corrected chi connectivity index (χ0v) is 16.1. The number of amides is 1. The Hall–Kier alpha value is -2.44. The van der Waals surface area contributed by atoms with E-state index in [1.807, 2.05) is 30.3 Å². The molecule has 28 heavy (non-hydrogen) atoms. The third-order valence-electron chi connectivity index (χ3n) is 5.00. The van der Waals surface area contributed by atoms with Gasteiger partial charge in [0.25, 0.3) is 5.91 Å². The first-order chi connectivity index (χ1) is 13.7. The van der Waals surface area contributed by atoms with Crippen LogP contribution < -0.4 is 10.1 Å². The number of ether oxygens (including phenoxy) is 2. The molecule has 0 aliphatic carbocycles. The second kappa shape index (κ2) is 10.2. The molecule has 0 spiro atoms. The number of rotatable bonds is 8. The van der Waals surface area contributed by atoms with Gasteiger partial charge in [0.05, 0.1) is 18.8 Å². The number of likely N-dealkylation sites (tertiary alicyclic amines) is 1. The molecule has 5 nitrogen and oxygen atoms in total. The van der Waals surface area contributed by atoms with Crippen molar-refractivity contribution in [2.45, 2.75) is 25.0 Å². The highest BCUT2D eigenvalue weighted by Gasteiger charge is 2.30. The standard InChI is InChI=1S/C22H27FN2O3/c1-27-21-16-25(13-5-15-28-19-10-8-18(23)9-11-19)14-12-20(21)24-22(26)17-6-3-2-4-7-17/h2-4,6-11,20-21H,5,12-16H2,1H3,(H,24,26)/t20-,21-/m1/s1. The summed E-state index contributed by atoms with van der Waals surface area (Å²) in [4.78, 5) is 14.7. The van der Waals surface area contributed by atoms with Gasteiger partial charge >= 0.3 is 0 Å². The van der Waals surface area contributed by atoms with Crippen LogP contribution in [0.4, 0.5) is 4.39 Å². The van der Waals surface area contributed by atoms with Crippen molar-refractivity contribution in [2.24, 2.45) is 0 Å². The maximum Gasteiger partial charge on any atom is 0.251 e. The molecular weight excluding hydrogens is 359 g/mol. The SMILES string of the molecule is CO[C@@H]1CN(CCCOc2ccc(F)cc2)CC[C@H]1NC(=O)c1ccccc1. The first-order valence-corrected chi connectivity index (χ1v) is 9.65. The number of carbonyl (C=O) groups is 1. The zero-order valence-electron chi connectivity index (χ0n) is 16.1. The van der Waals surface area contributed by atoms with Crippen molar-refractivity contribution < 1.29 is 18.7 Å². The molecule has 2 atom stereocenters. The van der Waals surface area contributed by atoms with Crippen molar-refractivity contribution in [2.75, 3.05) is 33.4 Å². The minimum absolute atomic E-state index is 0.00409. The van der Waals surface area contributed by atoms with Gasteiger partial charge in [-0.15, -0.1) is 0 Å². The molecule has 1 amide bonds. The minimum Gasteiger partial charge on any atom is -0.494 e. The van der Waals surface area contributed by atoms with Gasteiger partial charge in [-0.3, -0.25) is 4.79 Å². The van der Waals surface area contributed by atoms with E-state index < -0.39 is 0 Å². The summed E-state index contributed by atoms with van der Waals surface area (Å²) in [5, 5.41) is 3.10. The molecule has 0 bridgehead atoms. The van der Waals surface area contributed by atoms with Gasteiger partial charge in [0.2, 0.25) is 0 Å². The second-order valence-corrected chi connectivity index (χ2v) is 6.97. The van der Waals surface area contributed by atoms with Crippen molar-refractivity contribution in [3.63, 3.8) is 0 Å². The fraction of sp³-hybridized carbons (Fsp3) is 0.409. The lowest BCUT2D eigenvalue weighted by molar-refractivity contribution is 0.00530. The second-order valence-electron chi connectivity index (χ2n) is 6.97. The Morgan fingerprint density at radius 2 is 1.93 bits per heavy atom. The van der Waals surface area contributed by atoms with Gasteiger partial charge in [0, 0.05) is 32.3 Å². The lowest BCUT2D eigenvalue weighted by Gasteiger charge is -2.38. The normalized spacial score (nSPS) is 19.9. The summed E-state index contributed by atoms with van der Waals surface area (Å²) < 4.78 is 24.2. The molecule has 3 rings (SSSR count). The van der Waals surface area contributed by atoms with Crippen LogP contribution in [0.25, 0.3) is 0 Å². The number of benzene rings is 2. The molecule has 6 heteroatoms. The predicted octanol–water partition coefficient (Wildman–Crippen LogP) is 3.11. The Bertz CT molecular complexity index is 739. The summed E-state index contributed by atoms with van der Waals surface area (Å²) in [6.45, 7) is 3.14. The van der Waals surface area contributed by atoms with Crippen molar-refractivity contribution in [3.05, 3.63) is 66.0 Å². The van der Waals surface area contributed by atoms with E-state index in [4.69, 9.17) is 9.47 Å². The Labute approximate surface area is 165 Å². The summed E-state index contributed by atoms with van der Waals surface area (Å²) in [6.07, 6.45) is 1.67. The van der Waals surface area contributed by atoms with E-state index in [0.29, 0.717) is 17.9 Å². The average molecular weight is 386 g/mol. The van der Waals surface area contributed by atoms with Crippen LogP contribution >= 0.6 is 0 Å². The topological polar surface area (TPSA) is 50.8 Å². The van der Waals surface area contributed by atoms with E-state index >= 15 is 0 Å². The number of hydrogen-bond acceptors (Lipinski definition) is 4. The Morgan fingerprint density at radius 3 is 2.64 bits per heavy atom. The molecule has 150 valence electrons. The first kappa shape index (κ1) is 20.3. The lowest BCUT2D eigenvalue weighted by atomic mass is 10.0.